The quantitative estimate of drug-likeness (QED) is 0.608. The number of sulfonamides is 1. The minimum atomic E-state index is -4.12. The predicted molar refractivity (Wildman–Crippen MR) is 107 cm³/mol. The number of hydrogen-bond acceptors (Lipinski definition) is 4. The van der Waals surface area contributed by atoms with Gasteiger partial charge in [0.25, 0.3) is 0 Å². The van der Waals surface area contributed by atoms with Crippen LogP contribution in [-0.4, -0.2) is 37.9 Å². The number of fused-ring (bicyclic) bond motifs is 1. The molecule has 0 unspecified atom stereocenters. The molecule has 2 heterocycles. The second-order valence-electron chi connectivity index (χ2n) is 7.03. The smallest absolute Gasteiger partial charge is 0.414 e. The van der Waals surface area contributed by atoms with Gasteiger partial charge in [-0.15, -0.1) is 0 Å². The fourth-order valence-electron chi connectivity index (χ4n) is 3.74. The highest BCUT2D eigenvalue weighted by molar-refractivity contribution is 7.89. The molecule has 160 valence electrons. The fourth-order valence-corrected chi connectivity index (χ4v) is 5.90. The largest absolute Gasteiger partial charge is 0.444 e. The van der Waals surface area contributed by atoms with Gasteiger partial charge in [0.1, 0.15) is 11.5 Å². The first kappa shape index (κ1) is 21.3. The van der Waals surface area contributed by atoms with E-state index in [1.54, 1.807) is 18.2 Å². The highest BCUT2D eigenvalue weighted by atomic mass is 35.5. The van der Waals surface area contributed by atoms with Gasteiger partial charge < -0.3 is 4.74 Å². The van der Waals surface area contributed by atoms with E-state index in [9.17, 15) is 22.0 Å². The molecule has 0 atom stereocenters. The van der Waals surface area contributed by atoms with Crippen molar-refractivity contribution in [2.45, 2.75) is 30.4 Å². The van der Waals surface area contributed by atoms with Crippen LogP contribution in [0.2, 0.25) is 10.0 Å². The molecule has 0 saturated carbocycles. The Hall–Kier alpha value is -1.94. The number of hydrogen-bond donors (Lipinski definition) is 0. The Bertz CT molecular complexity index is 1120. The molecule has 6 nitrogen and oxygen atoms in total. The van der Waals surface area contributed by atoms with E-state index in [4.69, 9.17) is 27.9 Å². The maximum atomic E-state index is 13.6. The molecular weight excluding hydrogens is 461 g/mol. The molecule has 0 aliphatic carbocycles. The van der Waals surface area contributed by atoms with E-state index in [0.717, 1.165) is 9.87 Å². The van der Waals surface area contributed by atoms with Crippen LogP contribution in [-0.2, 0) is 21.4 Å². The van der Waals surface area contributed by atoms with E-state index in [1.165, 1.54) is 4.90 Å². The number of halogens is 4. The second-order valence-corrected chi connectivity index (χ2v) is 9.78. The van der Waals surface area contributed by atoms with Gasteiger partial charge in [-0.3, -0.25) is 4.90 Å². The zero-order chi connectivity index (χ0) is 21.6. The summed E-state index contributed by atoms with van der Waals surface area (Å²) < 4.78 is 59.1. The van der Waals surface area contributed by atoms with Gasteiger partial charge in [-0.2, -0.15) is 4.31 Å². The van der Waals surface area contributed by atoms with Gasteiger partial charge in [0, 0.05) is 29.7 Å². The van der Waals surface area contributed by atoms with Crippen LogP contribution in [0.5, 0.6) is 0 Å². The summed E-state index contributed by atoms with van der Waals surface area (Å²) in [5, 5.41) is 0.136. The molecular formula is C19H16Cl2F2N2O4S. The molecule has 1 fully saturated rings. The Labute approximate surface area is 182 Å². The maximum absolute atomic E-state index is 13.6. The molecule has 30 heavy (non-hydrogen) atoms. The molecule has 2 aliphatic heterocycles. The van der Waals surface area contributed by atoms with Crippen molar-refractivity contribution in [2.24, 2.45) is 0 Å². The van der Waals surface area contributed by atoms with E-state index in [0.29, 0.717) is 35.7 Å². The number of rotatable bonds is 3. The van der Waals surface area contributed by atoms with Gasteiger partial charge in [-0.1, -0.05) is 23.2 Å². The number of carbonyl (C=O) groups is 1. The van der Waals surface area contributed by atoms with Crippen LogP contribution in [0.3, 0.4) is 0 Å². The lowest BCUT2D eigenvalue weighted by Gasteiger charge is -2.39. The average Bonchev–Trinajstić information content (AvgIpc) is 2.71. The molecule has 2 aliphatic rings. The standard InChI is InChI=1S/C19H16Cl2F2N2O4S/c20-12-1-2-17-11(7-12)10-29-19(26)25(17)13-3-5-24(6-4-13)30(27,28)18-9-16(23)15(22)8-14(18)21/h1-2,7-9,13H,3-6,10H2. The molecule has 11 heteroatoms. The van der Waals surface area contributed by atoms with Gasteiger partial charge in [-0.25, -0.2) is 22.0 Å². The molecule has 2 aromatic rings. The third-order valence-corrected chi connectivity index (χ3v) is 7.83. The minimum Gasteiger partial charge on any atom is -0.444 e. The number of anilines is 1. The number of cyclic esters (lactones) is 1. The fraction of sp³-hybridized carbons (Fsp3) is 0.316. The number of piperidine rings is 1. The number of benzene rings is 2. The first-order chi connectivity index (χ1) is 14.2. The SMILES string of the molecule is O=C1OCc2cc(Cl)ccc2N1C1CCN(S(=O)(=O)c2cc(F)c(F)cc2Cl)CC1. The Morgan fingerprint density at radius 3 is 2.40 bits per heavy atom. The zero-order valence-corrected chi connectivity index (χ0v) is 17.8. The lowest BCUT2D eigenvalue weighted by molar-refractivity contribution is 0.136. The molecule has 0 aromatic heterocycles. The Kier molecular flexibility index (Phi) is 5.65. The third kappa shape index (κ3) is 3.75. The van der Waals surface area contributed by atoms with Gasteiger partial charge in [0.2, 0.25) is 10.0 Å². The summed E-state index contributed by atoms with van der Waals surface area (Å²) in [5.74, 6) is -2.51. The van der Waals surface area contributed by atoms with Crippen molar-refractivity contribution in [3.05, 3.63) is 57.6 Å². The molecule has 2 aromatic carbocycles. The topological polar surface area (TPSA) is 66.9 Å². The first-order valence-electron chi connectivity index (χ1n) is 9.07. The molecule has 0 N–H and O–H groups in total. The van der Waals surface area contributed by atoms with Crippen molar-refractivity contribution in [3.8, 4) is 0 Å². The summed E-state index contributed by atoms with van der Waals surface area (Å²) in [4.78, 5) is 13.4. The molecule has 4 rings (SSSR count). The maximum Gasteiger partial charge on any atom is 0.414 e. The van der Waals surface area contributed by atoms with E-state index >= 15 is 0 Å². The summed E-state index contributed by atoms with van der Waals surface area (Å²) in [6, 6.07) is 6.08. The van der Waals surface area contributed by atoms with Gasteiger partial charge in [0.15, 0.2) is 11.6 Å². The van der Waals surface area contributed by atoms with Crippen LogP contribution in [0.25, 0.3) is 0 Å². The zero-order valence-electron chi connectivity index (χ0n) is 15.4. The summed E-state index contributed by atoms with van der Waals surface area (Å²) in [5.41, 5.74) is 1.45. The van der Waals surface area contributed by atoms with Gasteiger partial charge in [0.05, 0.1) is 10.7 Å². The summed E-state index contributed by atoms with van der Waals surface area (Å²) in [6.07, 6.45) is 0.157. The number of amides is 1. The molecule has 1 saturated heterocycles. The Balaban J connectivity index is 1.55. The Morgan fingerprint density at radius 2 is 1.70 bits per heavy atom. The number of nitrogens with zero attached hydrogens (tertiary/aromatic N) is 2. The summed E-state index contributed by atoms with van der Waals surface area (Å²) in [6.45, 7) is 0.275. The summed E-state index contributed by atoms with van der Waals surface area (Å²) >= 11 is 11.9. The third-order valence-electron chi connectivity index (χ3n) is 5.23. The monoisotopic (exact) mass is 476 g/mol. The van der Waals surface area contributed by atoms with Gasteiger partial charge >= 0.3 is 6.09 Å². The van der Waals surface area contributed by atoms with Crippen LogP contribution >= 0.6 is 23.2 Å². The van der Waals surface area contributed by atoms with Crippen molar-refractivity contribution in [3.63, 3.8) is 0 Å². The average molecular weight is 477 g/mol. The Morgan fingerprint density at radius 1 is 1.03 bits per heavy atom. The van der Waals surface area contributed by atoms with Crippen LogP contribution in [0.4, 0.5) is 19.3 Å². The normalized spacial score (nSPS) is 18.3. The van der Waals surface area contributed by atoms with Gasteiger partial charge in [-0.05, 0) is 43.2 Å². The number of carbonyl (C=O) groups excluding carboxylic acids is 1. The van der Waals surface area contributed by atoms with Crippen LogP contribution in [0, 0.1) is 11.6 Å². The van der Waals surface area contributed by atoms with Crippen molar-refractivity contribution >= 4 is 45.0 Å². The van der Waals surface area contributed by atoms with E-state index < -0.39 is 32.6 Å². The molecule has 1 amide bonds. The van der Waals surface area contributed by atoms with E-state index in [-0.39, 0.29) is 30.8 Å². The van der Waals surface area contributed by atoms with Crippen molar-refractivity contribution in [1.82, 2.24) is 4.31 Å². The van der Waals surface area contributed by atoms with Crippen LogP contribution in [0.15, 0.2) is 35.2 Å². The molecule has 0 bridgehead atoms. The highest BCUT2D eigenvalue weighted by Gasteiger charge is 2.38. The van der Waals surface area contributed by atoms with Crippen molar-refractivity contribution < 1.29 is 26.7 Å². The molecule has 0 spiro atoms. The van der Waals surface area contributed by atoms with Crippen molar-refractivity contribution in [1.29, 1.82) is 0 Å². The second kappa shape index (κ2) is 7.96. The van der Waals surface area contributed by atoms with E-state index in [1.807, 2.05) is 0 Å². The summed E-state index contributed by atoms with van der Waals surface area (Å²) in [7, 11) is -4.12. The first-order valence-corrected chi connectivity index (χ1v) is 11.3. The lowest BCUT2D eigenvalue weighted by atomic mass is 10.0. The van der Waals surface area contributed by atoms with Crippen molar-refractivity contribution in [2.75, 3.05) is 18.0 Å². The number of ether oxygens (including phenoxy) is 1. The van der Waals surface area contributed by atoms with Crippen LogP contribution < -0.4 is 4.90 Å². The predicted octanol–water partition coefficient (Wildman–Crippen LogP) is 4.58. The lowest BCUT2D eigenvalue weighted by Crippen LogP contribution is -2.50. The highest BCUT2D eigenvalue weighted by Crippen LogP contribution is 2.35. The molecule has 0 radical (unpaired) electrons. The minimum absolute atomic E-state index is 0.0784. The van der Waals surface area contributed by atoms with E-state index in [2.05, 4.69) is 0 Å². The van der Waals surface area contributed by atoms with Crippen LogP contribution in [0.1, 0.15) is 18.4 Å².